The second-order valence-corrected chi connectivity index (χ2v) is 12.1. The van der Waals surface area contributed by atoms with Crippen molar-refractivity contribution in [2.45, 2.75) is 148 Å². The van der Waals surface area contributed by atoms with Gasteiger partial charge in [-0.05, 0) is 12.8 Å². The van der Waals surface area contributed by atoms with Crippen LogP contribution in [0.5, 0.6) is 0 Å². The highest BCUT2D eigenvalue weighted by molar-refractivity contribution is 7.47. The number of hydrogen-bond donors (Lipinski definition) is 3. The summed E-state index contributed by atoms with van der Waals surface area (Å²) in [7, 11) is -4.59. The van der Waals surface area contributed by atoms with Crippen LogP contribution in [0.1, 0.15) is 136 Å². The van der Waals surface area contributed by atoms with Gasteiger partial charge in [-0.25, -0.2) is 4.57 Å². The van der Waals surface area contributed by atoms with Gasteiger partial charge >= 0.3 is 19.8 Å². The van der Waals surface area contributed by atoms with Gasteiger partial charge in [-0.2, -0.15) is 0 Å². The van der Waals surface area contributed by atoms with Crippen LogP contribution in [-0.4, -0.2) is 60.5 Å². The Bertz CT molecular complexity index is 665. The third kappa shape index (κ3) is 25.9. The van der Waals surface area contributed by atoms with Crippen molar-refractivity contribution in [1.29, 1.82) is 0 Å². The average Bonchev–Trinajstić information content (AvgIpc) is 2.92. The summed E-state index contributed by atoms with van der Waals surface area (Å²) >= 11 is 0. The number of carboxylic acid groups (broad SMARTS) is 1. The summed E-state index contributed by atoms with van der Waals surface area (Å²) in [4.78, 5) is 33.0. The van der Waals surface area contributed by atoms with Gasteiger partial charge in [0.1, 0.15) is 12.1 Å². The van der Waals surface area contributed by atoms with E-state index < -0.39 is 45.1 Å². The van der Waals surface area contributed by atoms with Crippen molar-refractivity contribution in [3.63, 3.8) is 0 Å². The number of carbonyl (C=O) groups excluding carboxylic acids is 1. The summed E-state index contributed by atoms with van der Waals surface area (Å²) in [5.74, 6) is -1.78. The first kappa shape index (κ1) is 39.0. The number of ether oxygens (including phenoxy) is 2. The Kier molecular flexibility index (Phi) is 26.2. The van der Waals surface area contributed by atoms with E-state index in [1.165, 1.54) is 70.6 Å². The normalized spacial score (nSPS) is 14.5. The Morgan fingerprint density at radius 3 is 1.65 bits per heavy atom. The molecule has 0 fully saturated rings. The van der Waals surface area contributed by atoms with Gasteiger partial charge in [-0.15, -0.1) is 0 Å². The first-order chi connectivity index (χ1) is 19.2. The maximum Gasteiger partial charge on any atom is 0.472 e. The zero-order valence-corrected chi connectivity index (χ0v) is 26.1. The molecule has 3 unspecified atom stereocenters. The van der Waals surface area contributed by atoms with Gasteiger partial charge in [0, 0.05) is 13.0 Å². The zero-order chi connectivity index (χ0) is 29.9. The Morgan fingerprint density at radius 2 is 1.15 bits per heavy atom. The van der Waals surface area contributed by atoms with E-state index >= 15 is 0 Å². The van der Waals surface area contributed by atoms with Crippen LogP contribution >= 0.6 is 7.82 Å². The second kappa shape index (κ2) is 26.8. The summed E-state index contributed by atoms with van der Waals surface area (Å²) in [5.41, 5.74) is 5.30. The molecule has 40 heavy (non-hydrogen) atoms. The molecular weight excluding hydrogens is 537 g/mol. The Morgan fingerprint density at radius 1 is 0.700 bits per heavy atom. The minimum absolute atomic E-state index is 0.0231. The molecule has 0 aromatic heterocycles. The number of nitrogens with two attached hydrogens (primary N) is 1. The van der Waals surface area contributed by atoms with Crippen molar-refractivity contribution in [2.24, 2.45) is 5.73 Å². The van der Waals surface area contributed by atoms with Gasteiger partial charge in [0.25, 0.3) is 0 Å². The molecule has 0 aromatic carbocycles. The van der Waals surface area contributed by atoms with Crippen molar-refractivity contribution in [1.82, 2.24) is 0 Å². The molecule has 238 valence electrons. The highest BCUT2D eigenvalue weighted by Crippen LogP contribution is 2.43. The number of rotatable bonds is 30. The molecule has 4 N–H and O–H groups in total. The number of carboxylic acids is 1. The topological polar surface area (TPSA) is 155 Å². The predicted octanol–water partition coefficient (Wildman–Crippen LogP) is 6.91. The Labute approximate surface area is 242 Å². The fourth-order valence-corrected chi connectivity index (χ4v) is 4.91. The SMILES string of the molecule is CCCCCCCCCCCCOCC(COP(=O)(O)OCC(N)C(=O)O)OC(=O)CCCCCCCCCC. The van der Waals surface area contributed by atoms with Crippen molar-refractivity contribution in [3.05, 3.63) is 0 Å². The molecule has 0 saturated heterocycles. The molecule has 0 amide bonds. The lowest BCUT2D eigenvalue weighted by Crippen LogP contribution is -2.34. The predicted molar refractivity (Wildman–Crippen MR) is 157 cm³/mol. The van der Waals surface area contributed by atoms with Gasteiger partial charge in [-0.1, -0.05) is 117 Å². The quantitative estimate of drug-likeness (QED) is 0.0453. The lowest BCUT2D eigenvalue weighted by Gasteiger charge is -2.20. The van der Waals surface area contributed by atoms with E-state index in [1.807, 2.05) is 0 Å². The average molecular weight is 596 g/mol. The van der Waals surface area contributed by atoms with Crippen LogP contribution in [0.25, 0.3) is 0 Å². The molecule has 0 radical (unpaired) electrons. The number of phosphoric ester groups is 1. The highest BCUT2D eigenvalue weighted by Gasteiger charge is 2.27. The monoisotopic (exact) mass is 595 g/mol. The lowest BCUT2D eigenvalue weighted by atomic mass is 10.1. The third-order valence-corrected chi connectivity index (χ3v) is 7.59. The largest absolute Gasteiger partial charge is 0.480 e. The highest BCUT2D eigenvalue weighted by atomic mass is 31.2. The lowest BCUT2D eigenvalue weighted by molar-refractivity contribution is -0.154. The van der Waals surface area contributed by atoms with Gasteiger partial charge in [-0.3, -0.25) is 18.6 Å². The zero-order valence-electron chi connectivity index (χ0n) is 25.2. The molecule has 0 aliphatic heterocycles. The molecule has 0 rings (SSSR count). The van der Waals surface area contributed by atoms with Gasteiger partial charge in [0.05, 0.1) is 19.8 Å². The van der Waals surface area contributed by atoms with E-state index in [-0.39, 0.29) is 13.0 Å². The number of phosphoric acid groups is 1. The standard InChI is InChI=1S/C29H58NO9P/c1-3-5-7-9-11-13-14-16-18-20-22-36-23-26(24-37-40(34,35)38-25-27(30)29(32)33)39-28(31)21-19-17-15-12-10-8-6-4-2/h26-27H,3-25,30H2,1-2H3,(H,32,33)(H,34,35). The second-order valence-electron chi connectivity index (χ2n) is 10.6. The fraction of sp³-hybridized carbons (Fsp3) is 0.931. The van der Waals surface area contributed by atoms with E-state index in [1.54, 1.807) is 0 Å². The Balaban J connectivity index is 4.38. The molecule has 10 nitrogen and oxygen atoms in total. The first-order valence-electron chi connectivity index (χ1n) is 15.6. The van der Waals surface area contributed by atoms with E-state index in [9.17, 15) is 19.0 Å². The molecule has 0 aliphatic rings. The van der Waals surface area contributed by atoms with Crippen LogP contribution < -0.4 is 5.73 Å². The maximum atomic E-state index is 12.4. The molecule has 0 aliphatic carbocycles. The van der Waals surface area contributed by atoms with Crippen molar-refractivity contribution < 1.29 is 42.7 Å². The molecule has 0 saturated carbocycles. The first-order valence-corrected chi connectivity index (χ1v) is 17.1. The minimum atomic E-state index is -4.59. The molecule has 0 bridgehead atoms. The van der Waals surface area contributed by atoms with E-state index in [2.05, 4.69) is 18.4 Å². The maximum absolute atomic E-state index is 12.4. The van der Waals surface area contributed by atoms with Crippen LogP contribution in [-0.2, 0) is 32.7 Å². The summed E-state index contributed by atoms with van der Waals surface area (Å²) in [6.45, 7) is 3.81. The van der Waals surface area contributed by atoms with Crippen molar-refractivity contribution >= 4 is 19.8 Å². The van der Waals surface area contributed by atoms with Gasteiger partial charge in [0.2, 0.25) is 0 Å². The van der Waals surface area contributed by atoms with Crippen molar-refractivity contribution in [3.8, 4) is 0 Å². The molecule has 11 heteroatoms. The molecule has 0 aromatic rings. The Hall–Kier alpha value is -1.03. The molecular formula is C29H58NO9P. The van der Waals surface area contributed by atoms with Crippen LogP contribution in [0.15, 0.2) is 0 Å². The van der Waals surface area contributed by atoms with E-state index in [0.29, 0.717) is 13.0 Å². The third-order valence-electron chi connectivity index (χ3n) is 6.64. The van der Waals surface area contributed by atoms with E-state index in [0.717, 1.165) is 38.5 Å². The van der Waals surface area contributed by atoms with Gasteiger partial charge < -0.3 is 25.2 Å². The number of unbranched alkanes of at least 4 members (excludes halogenated alkanes) is 16. The van der Waals surface area contributed by atoms with Crippen LogP contribution in [0.3, 0.4) is 0 Å². The number of hydrogen-bond acceptors (Lipinski definition) is 8. The van der Waals surface area contributed by atoms with Gasteiger partial charge in [0.15, 0.2) is 0 Å². The van der Waals surface area contributed by atoms with E-state index in [4.69, 9.17) is 24.8 Å². The van der Waals surface area contributed by atoms with Crippen molar-refractivity contribution in [2.75, 3.05) is 26.4 Å². The summed E-state index contributed by atoms with van der Waals surface area (Å²) in [5, 5.41) is 8.80. The summed E-state index contributed by atoms with van der Waals surface area (Å²) in [6, 6.07) is -1.46. The summed E-state index contributed by atoms with van der Waals surface area (Å²) in [6.07, 6.45) is 20.3. The smallest absolute Gasteiger partial charge is 0.472 e. The van der Waals surface area contributed by atoms with Crippen LogP contribution in [0.4, 0.5) is 0 Å². The molecule has 0 spiro atoms. The summed E-state index contributed by atoms with van der Waals surface area (Å²) < 4.78 is 32.9. The molecule has 0 heterocycles. The fourth-order valence-electron chi connectivity index (χ4n) is 4.13. The number of carbonyl (C=O) groups is 2. The number of esters is 1. The number of aliphatic carboxylic acids is 1. The molecule has 3 atom stereocenters. The van der Waals surface area contributed by atoms with Crippen LogP contribution in [0, 0.1) is 0 Å². The van der Waals surface area contributed by atoms with Crippen LogP contribution in [0.2, 0.25) is 0 Å². The minimum Gasteiger partial charge on any atom is -0.480 e.